The molecule has 3 amide bonds. The molecule has 0 unspecified atom stereocenters. The van der Waals surface area contributed by atoms with Gasteiger partial charge in [-0.1, -0.05) is 29.8 Å². The van der Waals surface area contributed by atoms with Crippen LogP contribution in [0.25, 0.3) is 6.08 Å². The molecule has 1 saturated heterocycles. The molecule has 1 N–H and O–H groups in total. The van der Waals surface area contributed by atoms with Gasteiger partial charge in [0.2, 0.25) is 5.91 Å². The van der Waals surface area contributed by atoms with E-state index in [1.54, 1.807) is 12.1 Å². The number of halogens is 4. The van der Waals surface area contributed by atoms with Crippen molar-refractivity contribution >= 4 is 63.2 Å². The van der Waals surface area contributed by atoms with Crippen LogP contribution in [0.1, 0.15) is 22.3 Å². The Bertz CT molecular complexity index is 1560. The Kier molecular flexibility index (Phi) is 9.71. The van der Waals surface area contributed by atoms with Gasteiger partial charge in [-0.05, 0) is 88.8 Å². The van der Waals surface area contributed by atoms with Gasteiger partial charge in [0.1, 0.15) is 18.9 Å². The number of ether oxygens (including phenoxy) is 3. The summed E-state index contributed by atoms with van der Waals surface area (Å²) in [4.78, 5) is 39.0. The van der Waals surface area contributed by atoms with Gasteiger partial charge in [0.15, 0.2) is 11.5 Å². The van der Waals surface area contributed by atoms with Crippen molar-refractivity contribution in [2.24, 2.45) is 0 Å². The third-order valence-electron chi connectivity index (χ3n) is 6.03. The second kappa shape index (κ2) is 13.1. The molecular formula is C29H24F3IN2O6S. The predicted octanol–water partition coefficient (Wildman–Crippen LogP) is 6.89. The zero-order valence-electron chi connectivity index (χ0n) is 22.5. The second-order valence-electron chi connectivity index (χ2n) is 9.04. The Morgan fingerprint density at radius 1 is 1.02 bits per heavy atom. The number of methoxy groups -OCH3 is 2. The number of carbonyl (C=O) groups excluding carboxylic acids is 3. The summed E-state index contributed by atoms with van der Waals surface area (Å²) in [5, 5.41) is 1.59. The quantitative estimate of drug-likeness (QED) is 0.191. The van der Waals surface area contributed by atoms with Crippen LogP contribution in [0.3, 0.4) is 0 Å². The smallest absolute Gasteiger partial charge is 0.416 e. The number of amides is 3. The van der Waals surface area contributed by atoms with Crippen LogP contribution in [0.4, 0.5) is 23.7 Å². The fraction of sp³-hybridized carbons (Fsp3) is 0.207. The molecular weight excluding hydrogens is 688 g/mol. The van der Waals surface area contributed by atoms with Crippen molar-refractivity contribution in [2.75, 3.05) is 26.1 Å². The molecule has 1 aliphatic rings. The zero-order valence-corrected chi connectivity index (χ0v) is 25.5. The molecule has 220 valence electrons. The predicted molar refractivity (Wildman–Crippen MR) is 161 cm³/mol. The summed E-state index contributed by atoms with van der Waals surface area (Å²) in [7, 11) is 2.72. The van der Waals surface area contributed by atoms with E-state index in [0.717, 1.165) is 23.3 Å². The minimum atomic E-state index is -4.64. The first-order valence-electron chi connectivity index (χ1n) is 12.3. The Labute approximate surface area is 257 Å². The van der Waals surface area contributed by atoms with Crippen LogP contribution in [0.2, 0.25) is 0 Å². The van der Waals surface area contributed by atoms with E-state index in [2.05, 4.69) is 27.9 Å². The van der Waals surface area contributed by atoms with Gasteiger partial charge in [-0.2, -0.15) is 13.2 Å². The molecule has 1 aliphatic heterocycles. The highest BCUT2D eigenvalue weighted by atomic mass is 127. The largest absolute Gasteiger partial charge is 0.495 e. The number of thioether (sulfide) groups is 1. The van der Waals surface area contributed by atoms with Crippen LogP contribution in [-0.2, 0) is 22.4 Å². The summed E-state index contributed by atoms with van der Waals surface area (Å²) in [6, 6.07) is 13.9. The molecule has 0 bridgehead atoms. The van der Waals surface area contributed by atoms with Gasteiger partial charge in [0.05, 0.1) is 33.9 Å². The first-order valence-corrected chi connectivity index (χ1v) is 14.2. The maximum Gasteiger partial charge on any atom is 0.416 e. The maximum absolute atomic E-state index is 13.1. The van der Waals surface area contributed by atoms with E-state index in [9.17, 15) is 27.6 Å². The van der Waals surface area contributed by atoms with Crippen LogP contribution in [-0.4, -0.2) is 42.7 Å². The molecule has 3 aromatic carbocycles. The fourth-order valence-corrected chi connectivity index (χ4v) is 5.53. The summed E-state index contributed by atoms with van der Waals surface area (Å²) >= 11 is 2.73. The Hall–Kier alpha value is -3.72. The SMILES string of the molecule is COc1ccc(C(F)(F)F)cc1NC(=O)CN1C(=O)S/C(=C\c2cc(I)c(OCc3ccc(C)cc3)c(OC)c2)C1=O. The number of aryl methyl sites for hydroxylation is 1. The number of nitrogens with zero attached hydrogens (tertiary/aromatic N) is 1. The topological polar surface area (TPSA) is 94.2 Å². The first kappa shape index (κ1) is 31.2. The van der Waals surface area contributed by atoms with Crippen LogP contribution < -0.4 is 19.5 Å². The average molecular weight is 712 g/mol. The van der Waals surface area contributed by atoms with Crippen molar-refractivity contribution < 1.29 is 41.8 Å². The third-order valence-corrected chi connectivity index (χ3v) is 7.74. The highest BCUT2D eigenvalue weighted by Gasteiger charge is 2.37. The Balaban J connectivity index is 1.48. The Morgan fingerprint density at radius 2 is 1.71 bits per heavy atom. The number of alkyl halides is 3. The van der Waals surface area contributed by atoms with E-state index < -0.39 is 35.3 Å². The summed E-state index contributed by atoms with van der Waals surface area (Å²) in [5.41, 5.74) is 1.43. The van der Waals surface area contributed by atoms with Gasteiger partial charge in [-0.3, -0.25) is 19.3 Å². The number of hydrogen-bond acceptors (Lipinski definition) is 7. The molecule has 0 aliphatic carbocycles. The van der Waals surface area contributed by atoms with E-state index in [-0.39, 0.29) is 16.3 Å². The van der Waals surface area contributed by atoms with E-state index in [1.807, 2.05) is 31.2 Å². The normalized spacial score (nSPS) is 14.4. The monoisotopic (exact) mass is 712 g/mol. The lowest BCUT2D eigenvalue weighted by Gasteiger charge is -2.16. The van der Waals surface area contributed by atoms with Crippen molar-refractivity contribution in [2.45, 2.75) is 19.7 Å². The van der Waals surface area contributed by atoms with Gasteiger partial charge in [-0.25, -0.2) is 0 Å². The van der Waals surface area contributed by atoms with E-state index in [1.165, 1.54) is 20.3 Å². The van der Waals surface area contributed by atoms with Crippen molar-refractivity contribution in [1.82, 2.24) is 4.90 Å². The Morgan fingerprint density at radius 3 is 2.36 bits per heavy atom. The molecule has 4 rings (SSSR count). The highest BCUT2D eigenvalue weighted by Crippen LogP contribution is 2.38. The standard InChI is InChI=1S/C29H24F3IN2O6S/c1-16-4-6-17(7-5-16)15-41-26-20(33)10-18(11-23(26)40-3)12-24-27(37)35(28(38)42-24)14-25(36)34-21-13-19(29(30,31)32)8-9-22(21)39-2/h4-13H,14-15H2,1-3H3,(H,34,36)/b24-12-. The summed E-state index contributed by atoms with van der Waals surface area (Å²) in [6.07, 6.45) is -3.15. The van der Waals surface area contributed by atoms with Crippen molar-refractivity contribution in [3.05, 3.63) is 85.3 Å². The molecule has 1 heterocycles. The fourth-order valence-electron chi connectivity index (χ4n) is 3.91. The van der Waals surface area contributed by atoms with Gasteiger partial charge in [0, 0.05) is 0 Å². The molecule has 0 saturated carbocycles. The molecule has 13 heteroatoms. The van der Waals surface area contributed by atoms with E-state index >= 15 is 0 Å². The van der Waals surface area contributed by atoms with Crippen LogP contribution in [0.5, 0.6) is 17.2 Å². The van der Waals surface area contributed by atoms with Crippen molar-refractivity contribution in [3.8, 4) is 17.2 Å². The number of imide groups is 1. The minimum Gasteiger partial charge on any atom is -0.495 e. The maximum atomic E-state index is 13.1. The lowest BCUT2D eigenvalue weighted by atomic mass is 10.1. The molecule has 3 aromatic rings. The molecule has 0 spiro atoms. The van der Waals surface area contributed by atoms with E-state index in [4.69, 9.17) is 14.2 Å². The molecule has 1 fully saturated rings. The highest BCUT2D eigenvalue weighted by molar-refractivity contribution is 14.1. The van der Waals surface area contributed by atoms with Gasteiger partial charge < -0.3 is 19.5 Å². The van der Waals surface area contributed by atoms with Gasteiger partial charge in [0.25, 0.3) is 11.1 Å². The lowest BCUT2D eigenvalue weighted by Crippen LogP contribution is -2.36. The van der Waals surface area contributed by atoms with Crippen molar-refractivity contribution in [3.63, 3.8) is 0 Å². The third kappa shape index (κ3) is 7.37. The molecule has 0 radical (unpaired) electrons. The van der Waals surface area contributed by atoms with Crippen LogP contribution in [0.15, 0.2) is 59.5 Å². The summed E-state index contributed by atoms with van der Waals surface area (Å²) < 4.78 is 56.6. The van der Waals surface area contributed by atoms with Gasteiger partial charge >= 0.3 is 6.18 Å². The number of carbonyl (C=O) groups is 3. The van der Waals surface area contributed by atoms with Gasteiger partial charge in [-0.15, -0.1) is 0 Å². The second-order valence-corrected chi connectivity index (χ2v) is 11.2. The molecule has 0 atom stereocenters. The van der Waals surface area contributed by atoms with Crippen LogP contribution in [0, 0.1) is 10.5 Å². The number of nitrogens with one attached hydrogen (secondary N) is 1. The molecule has 8 nitrogen and oxygen atoms in total. The summed E-state index contributed by atoms with van der Waals surface area (Å²) in [6.45, 7) is 1.62. The minimum absolute atomic E-state index is 0.0137. The van der Waals surface area contributed by atoms with Crippen LogP contribution >= 0.6 is 34.4 Å². The number of rotatable bonds is 9. The lowest BCUT2D eigenvalue weighted by molar-refractivity contribution is -0.137. The van der Waals surface area contributed by atoms with Crippen molar-refractivity contribution in [1.29, 1.82) is 0 Å². The number of benzene rings is 3. The molecule has 0 aromatic heterocycles. The van der Waals surface area contributed by atoms with E-state index in [0.29, 0.717) is 50.0 Å². The number of hydrogen-bond donors (Lipinski definition) is 1. The average Bonchev–Trinajstić information content (AvgIpc) is 3.19. The molecule has 42 heavy (non-hydrogen) atoms. The summed E-state index contributed by atoms with van der Waals surface area (Å²) in [5.74, 6) is -0.660. The first-order chi connectivity index (χ1) is 19.9. The number of anilines is 1. The zero-order chi connectivity index (χ0) is 30.6.